The van der Waals surface area contributed by atoms with E-state index in [9.17, 15) is 18.0 Å². The van der Waals surface area contributed by atoms with Crippen molar-refractivity contribution in [1.82, 2.24) is 15.8 Å². The van der Waals surface area contributed by atoms with E-state index in [2.05, 4.69) is 27.2 Å². The Morgan fingerprint density at radius 2 is 2.07 bits per heavy atom. The number of amides is 1. The molecule has 0 bridgehead atoms. The molecule has 1 aromatic carbocycles. The normalized spacial score (nSPS) is 21.6. The van der Waals surface area contributed by atoms with Gasteiger partial charge in [0.15, 0.2) is 0 Å². The Morgan fingerprint density at radius 3 is 2.81 bits per heavy atom. The van der Waals surface area contributed by atoms with Crippen molar-refractivity contribution in [1.29, 1.82) is 0 Å². The number of aromatic nitrogens is 1. The van der Waals surface area contributed by atoms with Crippen molar-refractivity contribution in [2.75, 3.05) is 11.9 Å². The molecule has 142 valence electrons. The van der Waals surface area contributed by atoms with E-state index in [-0.39, 0.29) is 17.6 Å². The van der Waals surface area contributed by atoms with E-state index >= 15 is 0 Å². The van der Waals surface area contributed by atoms with E-state index in [1.54, 1.807) is 0 Å². The van der Waals surface area contributed by atoms with E-state index in [0.717, 1.165) is 35.6 Å². The fourth-order valence-corrected chi connectivity index (χ4v) is 3.23. The number of hydrogen-bond donors (Lipinski definition) is 3. The fraction of sp³-hybridized carbons (Fsp3) is 0.333. The number of nitrogens with one attached hydrogen (secondary N) is 3. The fourth-order valence-electron chi connectivity index (χ4n) is 3.23. The number of ether oxygens (including phenoxy) is 1. The Kier molecular flexibility index (Phi) is 4.48. The van der Waals surface area contributed by atoms with E-state index in [1.165, 1.54) is 6.07 Å². The van der Waals surface area contributed by atoms with Crippen molar-refractivity contribution in [2.24, 2.45) is 0 Å². The molecule has 6 nitrogen and oxygen atoms in total. The SMILES string of the molecule is O=C(Nc1ccc(C(F)(F)F)nc1)C1CC(c2ccc3c(c2)CCO3)NN1. The third-order valence-electron chi connectivity index (χ3n) is 4.66. The standard InChI is InChI=1S/C18H17F3N4O2/c19-18(20,21)16-4-2-12(9-22-16)23-17(26)14-8-13(24-25-14)10-1-3-15-11(7-10)5-6-27-15/h1-4,7,9,13-14,24-25H,5-6,8H2,(H,23,26). The van der Waals surface area contributed by atoms with Crippen LogP contribution in [0.1, 0.15) is 29.3 Å². The van der Waals surface area contributed by atoms with Crippen molar-refractivity contribution in [3.05, 3.63) is 53.3 Å². The van der Waals surface area contributed by atoms with Gasteiger partial charge >= 0.3 is 6.18 Å². The Labute approximate surface area is 153 Å². The number of pyridine rings is 1. The summed E-state index contributed by atoms with van der Waals surface area (Å²) >= 11 is 0. The predicted octanol–water partition coefficient (Wildman–Crippen LogP) is 2.58. The number of anilines is 1. The highest BCUT2D eigenvalue weighted by Gasteiger charge is 2.33. The van der Waals surface area contributed by atoms with E-state index in [4.69, 9.17) is 4.74 Å². The van der Waals surface area contributed by atoms with Crippen molar-refractivity contribution in [2.45, 2.75) is 31.1 Å². The van der Waals surface area contributed by atoms with Crippen LogP contribution in [0.15, 0.2) is 36.5 Å². The minimum absolute atomic E-state index is 0.0441. The van der Waals surface area contributed by atoms with Gasteiger partial charge in [-0.25, -0.2) is 15.8 Å². The maximum atomic E-state index is 12.5. The lowest BCUT2D eigenvalue weighted by Gasteiger charge is -2.12. The number of hydrazine groups is 1. The molecule has 2 aliphatic rings. The van der Waals surface area contributed by atoms with Crippen LogP contribution in [-0.2, 0) is 17.4 Å². The third-order valence-corrected chi connectivity index (χ3v) is 4.66. The second kappa shape index (κ2) is 6.82. The van der Waals surface area contributed by atoms with Crippen LogP contribution in [0, 0.1) is 0 Å². The Morgan fingerprint density at radius 1 is 1.22 bits per heavy atom. The summed E-state index contributed by atoms with van der Waals surface area (Å²) in [6.07, 6.45) is -2.12. The predicted molar refractivity (Wildman–Crippen MR) is 90.9 cm³/mol. The molecule has 2 aromatic rings. The lowest BCUT2D eigenvalue weighted by molar-refractivity contribution is -0.141. The molecule has 9 heteroatoms. The van der Waals surface area contributed by atoms with Gasteiger partial charge in [0.2, 0.25) is 5.91 Å². The summed E-state index contributed by atoms with van der Waals surface area (Å²) in [6.45, 7) is 0.682. The lowest BCUT2D eigenvalue weighted by atomic mass is 9.99. The van der Waals surface area contributed by atoms with Gasteiger partial charge in [-0.15, -0.1) is 0 Å². The summed E-state index contributed by atoms with van der Waals surface area (Å²) in [5.74, 6) is 0.560. The molecule has 1 aromatic heterocycles. The maximum absolute atomic E-state index is 12.5. The Hall–Kier alpha value is -2.65. The first kappa shape index (κ1) is 17.7. The molecule has 0 radical (unpaired) electrons. The van der Waals surface area contributed by atoms with E-state index in [0.29, 0.717) is 13.0 Å². The average molecular weight is 378 g/mol. The summed E-state index contributed by atoms with van der Waals surface area (Å²) in [7, 11) is 0. The molecule has 1 saturated heterocycles. The molecule has 4 rings (SSSR count). The summed E-state index contributed by atoms with van der Waals surface area (Å²) in [4.78, 5) is 15.7. The second-order valence-corrected chi connectivity index (χ2v) is 6.51. The highest BCUT2D eigenvalue weighted by Crippen LogP contribution is 2.31. The van der Waals surface area contributed by atoms with Gasteiger partial charge < -0.3 is 10.1 Å². The van der Waals surface area contributed by atoms with Crippen LogP contribution in [0.4, 0.5) is 18.9 Å². The molecule has 0 saturated carbocycles. The monoisotopic (exact) mass is 378 g/mol. The van der Waals surface area contributed by atoms with Gasteiger partial charge in [0.25, 0.3) is 0 Å². The Bertz CT molecular complexity index is 855. The van der Waals surface area contributed by atoms with Crippen molar-refractivity contribution in [3.8, 4) is 5.75 Å². The minimum atomic E-state index is -4.51. The van der Waals surface area contributed by atoms with Crippen LogP contribution in [0.5, 0.6) is 5.75 Å². The molecule has 0 aliphatic carbocycles. The molecular formula is C18H17F3N4O2. The molecule has 1 amide bonds. The van der Waals surface area contributed by atoms with Gasteiger partial charge in [0, 0.05) is 12.5 Å². The number of alkyl halides is 3. The first-order valence-electron chi connectivity index (χ1n) is 8.51. The van der Waals surface area contributed by atoms with Crippen molar-refractivity contribution < 1.29 is 22.7 Å². The molecule has 3 N–H and O–H groups in total. The molecule has 0 spiro atoms. The molecular weight excluding hydrogens is 361 g/mol. The molecule has 27 heavy (non-hydrogen) atoms. The van der Waals surface area contributed by atoms with Crippen molar-refractivity contribution in [3.63, 3.8) is 0 Å². The number of rotatable bonds is 3. The number of carbonyl (C=O) groups is 1. The van der Waals surface area contributed by atoms with Crippen LogP contribution < -0.4 is 20.9 Å². The van der Waals surface area contributed by atoms with Gasteiger partial charge in [0.05, 0.1) is 18.5 Å². The van der Waals surface area contributed by atoms with Gasteiger partial charge in [0.1, 0.15) is 17.5 Å². The number of fused-ring (bicyclic) bond motifs is 1. The molecule has 2 aliphatic heterocycles. The average Bonchev–Trinajstić information content (AvgIpc) is 3.30. The summed E-state index contributed by atoms with van der Waals surface area (Å²) < 4.78 is 43.1. The van der Waals surface area contributed by atoms with Crippen LogP contribution in [0.25, 0.3) is 0 Å². The second-order valence-electron chi connectivity index (χ2n) is 6.51. The smallest absolute Gasteiger partial charge is 0.433 e. The number of benzene rings is 1. The first-order valence-corrected chi connectivity index (χ1v) is 8.51. The van der Waals surface area contributed by atoms with Crippen LogP contribution in [0.2, 0.25) is 0 Å². The number of halogens is 3. The first-order chi connectivity index (χ1) is 12.9. The van der Waals surface area contributed by atoms with Gasteiger partial charge in [-0.2, -0.15) is 13.2 Å². The van der Waals surface area contributed by atoms with Gasteiger partial charge in [-0.1, -0.05) is 12.1 Å². The van der Waals surface area contributed by atoms with Gasteiger partial charge in [-0.05, 0) is 35.7 Å². The molecule has 2 unspecified atom stereocenters. The van der Waals surface area contributed by atoms with Crippen LogP contribution in [0.3, 0.4) is 0 Å². The zero-order valence-corrected chi connectivity index (χ0v) is 14.1. The highest BCUT2D eigenvalue weighted by atomic mass is 19.4. The maximum Gasteiger partial charge on any atom is 0.433 e. The minimum Gasteiger partial charge on any atom is -0.493 e. The van der Waals surface area contributed by atoms with Crippen LogP contribution >= 0.6 is 0 Å². The van der Waals surface area contributed by atoms with Crippen LogP contribution in [-0.4, -0.2) is 23.5 Å². The lowest BCUT2D eigenvalue weighted by Crippen LogP contribution is -2.39. The highest BCUT2D eigenvalue weighted by molar-refractivity contribution is 5.94. The largest absolute Gasteiger partial charge is 0.493 e. The number of hydrogen-bond acceptors (Lipinski definition) is 5. The van der Waals surface area contributed by atoms with E-state index < -0.39 is 17.9 Å². The zero-order chi connectivity index (χ0) is 19.0. The Balaban J connectivity index is 1.38. The topological polar surface area (TPSA) is 75.3 Å². The molecule has 2 atom stereocenters. The van der Waals surface area contributed by atoms with E-state index in [1.807, 2.05) is 12.1 Å². The molecule has 3 heterocycles. The molecule has 1 fully saturated rings. The van der Waals surface area contributed by atoms with Crippen molar-refractivity contribution >= 4 is 11.6 Å². The number of carbonyl (C=O) groups excluding carboxylic acids is 1. The number of nitrogens with zero attached hydrogens (tertiary/aromatic N) is 1. The quantitative estimate of drug-likeness (QED) is 0.766. The summed E-state index contributed by atoms with van der Waals surface area (Å²) in [5.41, 5.74) is 7.45. The summed E-state index contributed by atoms with van der Waals surface area (Å²) in [5, 5.41) is 2.58. The van der Waals surface area contributed by atoms with Gasteiger partial charge in [-0.3, -0.25) is 4.79 Å². The third kappa shape index (κ3) is 3.74. The zero-order valence-electron chi connectivity index (χ0n) is 14.1. The summed E-state index contributed by atoms with van der Waals surface area (Å²) in [6, 6.07) is 7.44.